The summed E-state index contributed by atoms with van der Waals surface area (Å²) in [5.74, 6) is 0.855. The van der Waals surface area contributed by atoms with E-state index >= 15 is 0 Å². The van der Waals surface area contributed by atoms with Crippen molar-refractivity contribution in [1.82, 2.24) is 0 Å². The van der Waals surface area contributed by atoms with Crippen molar-refractivity contribution in [2.24, 2.45) is 11.3 Å². The van der Waals surface area contributed by atoms with E-state index in [1.165, 1.54) is 32.1 Å². The van der Waals surface area contributed by atoms with Gasteiger partial charge in [-0.3, -0.25) is 0 Å². The number of aliphatic hydroxyl groups is 1. The molecule has 0 amide bonds. The van der Waals surface area contributed by atoms with Crippen LogP contribution >= 0.6 is 0 Å². The molecule has 0 aromatic heterocycles. The SMILES string of the molecule is CC(CCCCCO)CCC(C)(C)C. The lowest BCUT2D eigenvalue weighted by Gasteiger charge is -2.20. The van der Waals surface area contributed by atoms with Crippen LogP contribution in [0.15, 0.2) is 0 Å². The molecule has 0 aromatic rings. The number of hydrogen-bond acceptors (Lipinski definition) is 1. The summed E-state index contributed by atoms with van der Waals surface area (Å²) in [6.07, 6.45) is 7.46. The molecule has 0 saturated carbocycles. The van der Waals surface area contributed by atoms with Gasteiger partial charge in [-0.1, -0.05) is 53.4 Å². The first-order chi connectivity index (χ1) is 6.45. The van der Waals surface area contributed by atoms with Gasteiger partial charge in [0.2, 0.25) is 0 Å². The minimum atomic E-state index is 0.358. The molecule has 0 rings (SSSR count). The minimum Gasteiger partial charge on any atom is -0.396 e. The average molecular weight is 200 g/mol. The maximum Gasteiger partial charge on any atom is 0.0431 e. The normalized spacial score (nSPS) is 14.4. The van der Waals surface area contributed by atoms with Gasteiger partial charge in [0.05, 0.1) is 0 Å². The van der Waals surface area contributed by atoms with Crippen LogP contribution in [0.4, 0.5) is 0 Å². The van der Waals surface area contributed by atoms with Crippen LogP contribution in [0.25, 0.3) is 0 Å². The van der Waals surface area contributed by atoms with Gasteiger partial charge in [-0.2, -0.15) is 0 Å². The molecule has 1 nitrogen and oxygen atoms in total. The van der Waals surface area contributed by atoms with Crippen molar-refractivity contribution < 1.29 is 5.11 Å². The Morgan fingerprint density at radius 3 is 2.14 bits per heavy atom. The van der Waals surface area contributed by atoms with Gasteiger partial charge in [-0.05, 0) is 24.2 Å². The molecule has 0 heterocycles. The summed E-state index contributed by atoms with van der Waals surface area (Å²) < 4.78 is 0. The number of rotatable bonds is 7. The molecule has 0 aliphatic carbocycles. The first-order valence-corrected chi connectivity index (χ1v) is 6.06. The first-order valence-electron chi connectivity index (χ1n) is 6.06. The molecule has 1 atom stereocenters. The molecule has 0 spiro atoms. The zero-order chi connectivity index (χ0) is 11.0. The molecule has 1 unspecified atom stereocenters. The van der Waals surface area contributed by atoms with Crippen LogP contribution in [0.1, 0.15) is 66.2 Å². The van der Waals surface area contributed by atoms with E-state index < -0.39 is 0 Å². The molecule has 1 heteroatoms. The maximum atomic E-state index is 8.64. The van der Waals surface area contributed by atoms with E-state index in [9.17, 15) is 0 Å². The summed E-state index contributed by atoms with van der Waals surface area (Å²) in [6, 6.07) is 0. The Morgan fingerprint density at radius 2 is 1.64 bits per heavy atom. The van der Waals surface area contributed by atoms with E-state index in [2.05, 4.69) is 27.7 Å². The van der Waals surface area contributed by atoms with Crippen molar-refractivity contribution in [2.45, 2.75) is 66.2 Å². The summed E-state index contributed by atoms with van der Waals surface area (Å²) >= 11 is 0. The van der Waals surface area contributed by atoms with Crippen molar-refractivity contribution in [3.8, 4) is 0 Å². The summed E-state index contributed by atoms with van der Waals surface area (Å²) in [5.41, 5.74) is 0.485. The summed E-state index contributed by atoms with van der Waals surface area (Å²) in [7, 11) is 0. The predicted molar refractivity (Wildman–Crippen MR) is 63.4 cm³/mol. The van der Waals surface area contributed by atoms with Crippen LogP contribution in [0.2, 0.25) is 0 Å². The van der Waals surface area contributed by atoms with Gasteiger partial charge >= 0.3 is 0 Å². The lowest BCUT2D eigenvalue weighted by Crippen LogP contribution is -2.07. The fourth-order valence-electron chi connectivity index (χ4n) is 1.61. The Hall–Kier alpha value is -0.0400. The molecular weight excluding hydrogens is 172 g/mol. The molecule has 0 saturated heterocycles. The van der Waals surface area contributed by atoms with E-state index in [1.54, 1.807) is 0 Å². The fourth-order valence-corrected chi connectivity index (χ4v) is 1.61. The Bertz CT molecular complexity index is 124. The molecule has 0 fully saturated rings. The third-order valence-corrected chi connectivity index (χ3v) is 2.74. The highest BCUT2D eigenvalue weighted by atomic mass is 16.2. The van der Waals surface area contributed by atoms with Gasteiger partial charge in [0.15, 0.2) is 0 Å². The van der Waals surface area contributed by atoms with E-state index in [0.717, 1.165) is 12.3 Å². The van der Waals surface area contributed by atoms with Gasteiger partial charge in [0.25, 0.3) is 0 Å². The van der Waals surface area contributed by atoms with Crippen molar-refractivity contribution in [3.63, 3.8) is 0 Å². The van der Waals surface area contributed by atoms with E-state index in [4.69, 9.17) is 5.11 Å². The second-order valence-electron chi connectivity index (χ2n) is 5.78. The molecule has 0 radical (unpaired) electrons. The number of unbranched alkanes of at least 4 members (excludes halogenated alkanes) is 2. The van der Waals surface area contributed by atoms with Crippen LogP contribution in [0, 0.1) is 11.3 Å². The van der Waals surface area contributed by atoms with Crippen molar-refractivity contribution >= 4 is 0 Å². The lowest BCUT2D eigenvalue weighted by atomic mass is 9.86. The molecule has 14 heavy (non-hydrogen) atoms. The van der Waals surface area contributed by atoms with E-state index in [0.29, 0.717) is 12.0 Å². The second kappa shape index (κ2) is 7.28. The van der Waals surface area contributed by atoms with Crippen LogP contribution in [-0.2, 0) is 0 Å². The topological polar surface area (TPSA) is 20.2 Å². The van der Waals surface area contributed by atoms with Crippen molar-refractivity contribution in [2.75, 3.05) is 6.61 Å². The van der Waals surface area contributed by atoms with Gasteiger partial charge in [-0.25, -0.2) is 0 Å². The highest BCUT2D eigenvalue weighted by Gasteiger charge is 2.12. The minimum absolute atomic E-state index is 0.358. The second-order valence-corrected chi connectivity index (χ2v) is 5.78. The molecule has 0 aliphatic heterocycles. The van der Waals surface area contributed by atoms with Gasteiger partial charge in [0.1, 0.15) is 0 Å². The summed E-state index contributed by atoms with van der Waals surface area (Å²) in [4.78, 5) is 0. The largest absolute Gasteiger partial charge is 0.396 e. The zero-order valence-electron chi connectivity index (χ0n) is 10.5. The van der Waals surface area contributed by atoms with Crippen LogP contribution < -0.4 is 0 Å². The van der Waals surface area contributed by atoms with E-state index in [1.807, 2.05) is 0 Å². The monoisotopic (exact) mass is 200 g/mol. The Labute approximate surface area is 89.9 Å². The highest BCUT2D eigenvalue weighted by molar-refractivity contribution is 4.64. The van der Waals surface area contributed by atoms with Gasteiger partial charge < -0.3 is 5.11 Å². The molecule has 0 bridgehead atoms. The lowest BCUT2D eigenvalue weighted by molar-refractivity contribution is 0.277. The first kappa shape index (κ1) is 14.0. The molecule has 86 valence electrons. The van der Waals surface area contributed by atoms with Crippen LogP contribution in [-0.4, -0.2) is 11.7 Å². The van der Waals surface area contributed by atoms with E-state index in [-0.39, 0.29) is 0 Å². The van der Waals surface area contributed by atoms with Crippen LogP contribution in [0.3, 0.4) is 0 Å². The average Bonchev–Trinajstić information content (AvgIpc) is 2.08. The third-order valence-electron chi connectivity index (χ3n) is 2.74. The summed E-state index contributed by atoms with van der Waals surface area (Å²) in [5, 5.41) is 8.64. The van der Waals surface area contributed by atoms with Gasteiger partial charge in [-0.15, -0.1) is 0 Å². The quantitative estimate of drug-likeness (QED) is 0.616. The Balaban J connectivity index is 3.32. The predicted octanol–water partition coefficient (Wildman–Crippen LogP) is 4.00. The standard InChI is InChI=1S/C13H28O/c1-12(8-6-5-7-11-14)9-10-13(2,3)4/h12,14H,5-11H2,1-4H3. The molecular formula is C13H28O. The summed E-state index contributed by atoms with van der Waals surface area (Å²) in [6.45, 7) is 9.64. The zero-order valence-corrected chi connectivity index (χ0v) is 10.5. The maximum absolute atomic E-state index is 8.64. The number of aliphatic hydroxyl groups excluding tert-OH is 1. The van der Waals surface area contributed by atoms with Crippen LogP contribution in [0.5, 0.6) is 0 Å². The molecule has 1 N–H and O–H groups in total. The van der Waals surface area contributed by atoms with Crippen molar-refractivity contribution in [3.05, 3.63) is 0 Å². The third kappa shape index (κ3) is 10.0. The Morgan fingerprint density at radius 1 is 1.00 bits per heavy atom. The number of hydrogen-bond donors (Lipinski definition) is 1. The van der Waals surface area contributed by atoms with Gasteiger partial charge in [0, 0.05) is 6.61 Å². The molecule has 0 aliphatic rings. The highest BCUT2D eigenvalue weighted by Crippen LogP contribution is 2.25. The molecule has 0 aromatic carbocycles. The van der Waals surface area contributed by atoms with Crippen molar-refractivity contribution in [1.29, 1.82) is 0 Å². The smallest absolute Gasteiger partial charge is 0.0431 e. The Kier molecular flexibility index (Phi) is 7.26. The fraction of sp³-hybridized carbons (Fsp3) is 1.00.